The molecule has 0 aliphatic carbocycles. The van der Waals surface area contributed by atoms with Crippen molar-refractivity contribution in [3.63, 3.8) is 0 Å². The van der Waals surface area contributed by atoms with E-state index in [0.717, 1.165) is 28.4 Å². The Bertz CT molecular complexity index is 801. The Morgan fingerprint density at radius 3 is 2.71 bits per heavy atom. The maximum absolute atomic E-state index is 9.64. The summed E-state index contributed by atoms with van der Waals surface area (Å²) in [6, 6.07) is 13.6. The maximum Gasteiger partial charge on any atom is 0.157 e. The average molecular weight is 326 g/mol. The highest BCUT2D eigenvalue weighted by atomic mass is 16.5. The van der Waals surface area contributed by atoms with Crippen LogP contribution in [-0.4, -0.2) is 39.0 Å². The number of hydrogen-bond acceptors (Lipinski definition) is 5. The Balaban J connectivity index is 1.67. The molecule has 2 aromatic heterocycles. The fourth-order valence-corrected chi connectivity index (χ4v) is 2.56. The van der Waals surface area contributed by atoms with Gasteiger partial charge in [0.15, 0.2) is 5.65 Å². The largest absolute Gasteiger partial charge is 0.394 e. The van der Waals surface area contributed by atoms with Gasteiger partial charge in [0.05, 0.1) is 31.6 Å². The zero-order valence-corrected chi connectivity index (χ0v) is 13.9. The molecular formula is C18H22N4O2. The van der Waals surface area contributed by atoms with Crippen LogP contribution >= 0.6 is 0 Å². The Kier molecular flexibility index (Phi) is 5.08. The summed E-state index contributed by atoms with van der Waals surface area (Å²) >= 11 is 0. The summed E-state index contributed by atoms with van der Waals surface area (Å²) in [6.07, 6.45) is 0. The molecular weight excluding hydrogens is 304 g/mol. The molecule has 0 bridgehead atoms. The van der Waals surface area contributed by atoms with E-state index < -0.39 is 0 Å². The predicted octanol–water partition coefficient (Wildman–Crippen LogP) is 2.34. The van der Waals surface area contributed by atoms with E-state index in [1.54, 1.807) is 4.52 Å². The molecule has 1 aromatic carbocycles. The molecule has 2 N–H and O–H groups in total. The van der Waals surface area contributed by atoms with Gasteiger partial charge in [0, 0.05) is 17.8 Å². The number of anilines is 1. The summed E-state index contributed by atoms with van der Waals surface area (Å²) in [5.74, 6) is 0.799. The fraction of sp³-hybridized carbons (Fsp3) is 0.333. The van der Waals surface area contributed by atoms with E-state index in [0.29, 0.717) is 13.2 Å². The maximum atomic E-state index is 9.64. The Hall–Kier alpha value is -2.44. The predicted molar refractivity (Wildman–Crippen MR) is 93.1 cm³/mol. The monoisotopic (exact) mass is 326 g/mol. The molecule has 6 heteroatoms. The number of ether oxygens (including phenoxy) is 1. The molecule has 3 rings (SSSR count). The second-order valence-corrected chi connectivity index (χ2v) is 5.86. The van der Waals surface area contributed by atoms with Gasteiger partial charge in [-0.3, -0.25) is 0 Å². The smallest absolute Gasteiger partial charge is 0.157 e. The number of aryl methyl sites for hydroxylation is 2. The van der Waals surface area contributed by atoms with E-state index in [1.807, 2.05) is 56.3 Å². The number of hydrogen-bond donors (Lipinski definition) is 2. The Labute approximate surface area is 141 Å². The van der Waals surface area contributed by atoms with E-state index in [1.165, 1.54) is 0 Å². The molecule has 126 valence electrons. The van der Waals surface area contributed by atoms with Gasteiger partial charge in [-0.25, -0.2) is 4.98 Å². The molecule has 6 nitrogen and oxygen atoms in total. The zero-order valence-electron chi connectivity index (χ0n) is 13.9. The summed E-state index contributed by atoms with van der Waals surface area (Å²) in [5.41, 5.74) is 3.69. The van der Waals surface area contributed by atoms with Crippen molar-refractivity contribution >= 4 is 11.5 Å². The summed E-state index contributed by atoms with van der Waals surface area (Å²) in [5, 5.41) is 17.4. The number of nitrogens with zero attached hydrogens (tertiary/aromatic N) is 3. The first-order valence-corrected chi connectivity index (χ1v) is 7.99. The number of rotatable bonds is 7. The molecule has 24 heavy (non-hydrogen) atoms. The topological polar surface area (TPSA) is 71.7 Å². The summed E-state index contributed by atoms with van der Waals surface area (Å²) in [4.78, 5) is 4.46. The SMILES string of the molecule is Cc1cc(N[C@H](CO)COCc2ccccc2)n2nc(C)cc2n1. The van der Waals surface area contributed by atoms with Crippen molar-refractivity contribution < 1.29 is 9.84 Å². The van der Waals surface area contributed by atoms with Crippen molar-refractivity contribution in [2.24, 2.45) is 0 Å². The third-order valence-electron chi connectivity index (χ3n) is 3.68. The van der Waals surface area contributed by atoms with E-state index in [4.69, 9.17) is 4.74 Å². The van der Waals surface area contributed by atoms with Crippen LogP contribution < -0.4 is 5.32 Å². The normalized spacial score (nSPS) is 12.5. The van der Waals surface area contributed by atoms with Crippen molar-refractivity contribution in [1.82, 2.24) is 14.6 Å². The second-order valence-electron chi connectivity index (χ2n) is 5.86. The van der Waals surface area contributed by atoms with Crippen LogP contribution in [0.5, 0.6) is 0 Å². The van der Waals surface area contributed by atoms with E-state index in [2.05, 4.69) is 15.4 Å². The fourth-order valence-electron chi connectivity index (χ4n) is 2.56. The van der Waals surface area contributed by atoms with E-state index >= 15 is 0 Å². The van der Waals surface area contributed by atoms with Crippen LogP contribution in [0.15, 0.2) is 42.5 Å². The number of benzene rings is 1. The Morgan fingerprint density at radius 2 is 1.96 bits per heavy atom. The van der Waals surface area contributed by atoms with Crippen LogP contribution in [0, 0.1) is 13.8 Å². The van der Waals surface area contributed by atoms with Gasteiger partial charge in [-0.15, -0.1) is 0 Å². The lowest BCUT2D eigenvalue weighted by Crippen LogP contribution is -2.30. The quantitative estimate of drug-likeness (QED) is 0.697. The summed E-state index contributed by atoms with van der Waals surface area (Å²) in [7, 11) is 0. The van der Waals surface area contributed by atoms with Gasteiger partial charge < -0.3 is 15.2 Å². The number of nitrogens with one attached hydrogen (secondary N) is 1. The van der Waals surface area contributed by atoms with Gasteiger partial charge in [0.2, 0.25) is 0 Å². The molecule has 0 aliphatic rings. The minimum absolute atomic E-state index is 0.0299. The third kappa shape index (κ3) is 3.90. The second kappa shape index (κ2) is 7.42. The van der Waals surface area contributed by atoms with E-state index in [-0.39, 0.29) is 12.6 Å². The molecule has 0 saturated carbocycles. The molecule has 0 unspecified atom stereocenters. The minimum atomic E-state index is -0.219. The lowest BCUT2D eigenvalue weighted by Gasteiger charge is -2.18. The molecule has 0 aliphatic heterocycles. The van der Waals surface area contributed by atoms with Gasteiger partial charge in [-0.2, -0.15) is 9.61 Å². The van der Waals surface area contributed by atoms with Crippen LogP contribution in [0.4, 0.5) is 5.82 Å². The Morgan fingerprint density at radius 1 is 1.17 bits per heavy atom. The van der Waals surface area contributed by atoms with Crippen molar-refractivity contribution in [2.75, 3.05) is 18.5 Å². The number of aliphatic hydroxyl groups is 1. The number of aromatic nitrogens is 3. The van der Waals surface area contributed by atoms with Gasteiger partial charge in [-0.1, -0.05) is 30.3 Å². The van der Waals surface area contributed by atoms with Crippen LogP contribution in [0.1, 0.15) is 17.0 Å². The van der Waals surface area contributed by atoms with Crippen molar-refractivity contribution in [1.29, 1.82) is 0 Å². The van der Waals surface area contributed by atoms with Gasteiger partial charge in [0.25, 0.3) is 0 Å². The number of aliphatic hydroxyl groups excluding tert-OH is 1. The summed E-state index contributed by atoms with van der Waals surface area (Å²) < 4.78 is 7.48. The van der Waals surface area contributed by atoms with E-state index in [9.17, 15) is 5.11 Å². The molecule has 0 saturated heterocycles. The minimum Gasteiger partial charge on any atom is -0.394 e. The van der Waals surface area contributed by atoms with Crippen LogP contribution in [0.3, 0.4) is 0 Å². The molecule has 0 spiro atoms. The van der Waals surface area contributed by atoms with Crippen LogP contribution in [-0.2, 0) is 11.3 Å². The first-order chi connectivity index (χ1) is 11.7. The lowest BCUT2D eigenvalue weighted by atomic mass is 10.2. The van der Waals surface area contributed by atoms with Crippen molar-refractivity contribution in [2.45, 2.75) is 26.5 Å². The third-order valence-corrected chi connectivity index (χ3v) is 3.68. The number of fused-ring (bicyclic) bond motifs is 1. The molecule has 0 radical (unpaired) electrons. The highest BCUT2D eigenvalue weighted by Crippen LogP contribution is 2.15. The van der Waals surface area contributed by atoms with Crippen LogP contribution in [0.25, 0.3) is 5.65 Å². The standard InChI is InChI=1S/C18H22N4O2/c1-13-8-18(22-17(19-13)9-14(2)21-22)20-16(10-23)12-24-11-15-6-4-3-5-7-15/h3-9,16,20,23H,10-12H2,1-2H3/t16-/m1/s1. The summed E-state index contributed by atoms with van der Waals surface area (Å²) in [6.45, 7) is 4.75. The van der Waals surface area contributed by atoms with Gasteiger partial charge in [0.1, 0.15) is 5.82 Å². The highest BCUT2D eigenvalue weighted by Gasteiger charge is 2.12. The highest BCUT2D eigenvalue weighted by molar-refractivity contribution is 5.50. The zero-order chi connectivity index (χ0) is 16.9. The van der Waals surface area contributed by atoms with Crippen molar-refractivity contribution in [3.8, 4) is 0 Å². The first-order valence-electron chi connectivity index (χ1n) is 7.99. The molecule has 1 atom stereocenters. The van der Waals surface area contributed by atoms with Gasteiger partial charge >= 0.3 is 0 Å². The van der Waals surface area contributed by atoms with Crippen molar-refractivity contribution in [3.05, 3.63) is 59.4 Å². The first kappa shape index (κ1) is 16.4. The molecule has 0 fully saturated rings. The molecule has 3 aromatic rings. The van der Waals surface area contributed by atoms with Gasteiger partial charge in [-0.05, 0) is 19.4 Å². The lowest BCUT2D eigenvalue weighted by molar-refractivity contribution is 0.0950. The van der Waals surface area contributed by atoms with Crippen LogP contribution in [0.2, 0.25) is 0 Å². The molecule has 2 heterocycles. The molecule has 0 amide bonds. The average Bonchev–Trinajstić information content (AvgIpc) is 2.95.